The maximum atomic E-state index is 12.5. The van der Waals surface area contributed by atoms with Gasteiger partial charge in [0.05, 0.1) is 25.7 Å². The van der Waals surface area contributed by atoms with E-state index in [-0.39, 0.29) is 30.2 Å². The smallest absolute Gasteiger partial charge is 0.254 e. The van der Waals surface area contributed by atoms with Crippen molar-refractivity contribution in [2.24, 2.45) is 0 Å². The molecule has 1 fully saturated rings. The maximum absolute atomic E-state index is 12.5. The van der Waals surface area contributed by atoms with Crippen molar-refractivity contribution in [3.63, 3.8) is 0 Å². The summed E-state index contributed by atoms with van der Waals surface area (Å²) in [6.45, 7) is 6.13. The topological polar surface area (TPSA) is 87.7 Å². The summed E-state index contributed by atoms with van der Waals surface area (Å²) in [5, 5.41) is 5.74. The lowest BCUT2D eigenvalue weighted by Crippen LogP contribution is -2.40. The van der Waals surface area contributed by atoms with Crippen molar-refractivity contribution in [2.45, 2.75) is 32.9 Å². The van der Waals surface area contributed by atoms with Crippen molar-refractivity contribution in [1.29, 1.82) is 0 Å². The Balaban J connectivity index is 1.54. The van der Waals surface area contributed by atoms with Crippen LogP contribution in [0.15, 0.2) is 48.5 Å². The number of nitrogens with one attached hydrogen (secondary N) is 2. The number of hydrogen-bond acceptors (Lipinski definition) is 4. The summed E-state index contributed by atoms with van der Waals surface area (Å²) in [7, 11) is 0. The summed E-state index contributed by atoms with van der Waals surface area (Å²) >= 11 is 0. The van der Waals surface area contributed by atoms with Gasteiger partial charge in [0, 0.05) is 32.1 Å². The zero-order valence-corrected chi connectivity index (χ0v) is 18.0. The third-order valence-electron chi connectivity index (χ3n) is 5.24. The van der Waals surface area contributed by atoms with Crippen LogP contribution in [0.5, 0.6) is 0 Å². The van der Waals surface area contributed by atoms with Crippen LogP contribution in [-0.4, -0.2) is 48.9 Å². The lowest BCUT2D eigenvalue weighted by atomic mass is 10.0. The molecule has 0 spiro atoms. The maximum Gasteiger partial charge on any atom is 0.254 e. The highest BCUT2D eigenvalue weighted by Gasteiger charge is 2.19. The van der Waals surface area contributed by atoms with Crippen LogP contribution in [0, 0.1) is 6.92 Å². The van der Waals surface area contributed by atoms with Crippen molar-refractivity contribution in [2.75, 3.05) is 26.3 Å². The Morgan fingerprint density at radius 1 is 1.00 bits per heavy atom. The van der Waals surface area contributed by atoms with E-state index in [2.05, 4.69) is 10.6 Å². The zero-order valence-electron chi connectivity index (χ0n) is 18.0. The zero-order chi connectivity index (χ0) is 22.2. The second kappa shape index (κ2) is 10.7. The lowest BCUT2D eigenvalue weighted by molar-refractivity contribution is -0.122. The number of nitrogens with zero attached hydrogens (tertiary/aromatic N) is 1. The van der Waals surface area contributed by atoms with Crippen LogP contribution in [0.4, 0.5) is 0 Å². The predicted molar refractivity (Wildman–Crippen MR) is 117 cm³/mol. The highest BCUT2D eigenvalue weighted by atomic mass is 16.5. The van der Waals surface area contributed by atoms with E-state index >= 15 is 0 Å². The first kappa shape index (κ1) is 22.5. The number of benzene rings is 2. The first-order chi connectivity index (χ1) is 14.9. The fourth-order valence-electron chi connectivity index (χ4n) is 3.47. The highest BCUT2D eigenvalue weighted by Crippen LogP contribution is 2.18. The van der Waals surface area contributed by atoms with Gasteiger partial charge >= 0.3 is 0 Å². The Morgan fingerprint density at radius 3 is 2.26 bits per heavy atom. The summed E-state index contributed by atoms with van der Waals surface area (Å²) in [5.41, 5.74) is 3.53. The van der Waals surface area contributed by atoms with Gasteiger partial charge in [-0.1, -0.05) is 42.0 Å². The van der Waals surface area contributed by atoms with E-state index < -0.39 is 0 Å². The Hall–Kier alpha value is -3.19. The minimum Gasteiger partial charge on any atom is -0.378 e. The molecule has 0 aliphatic carbocycles. The van der Waals surface area contributed by atoms with Crippen molar-refractivity contribution >= 4 is 17.7 Å². The van der Waals surface area contributed by atoms with Gasteiger partial charge in [-0.15, -0.1) is 0 Å². The van der Waals surface area contributed by atoms with E-state index in [0.717, 1.165) is 16.7 Å². The summed E-state index contributed by atoms with van der Waals surface area (Å²) in [6.07, 6.45) is 0.149. The summed E-state index contributed by atoms with van der Waals surface area (Å²) in [5.74, 6) is -0.346. The number of ether oxygens (including phenoxy) is 1. The Kier molecular flexibility index (Phi) is 7.78. The number of morpholine rings is 1. The lowest BCUT2D eigenvalue weighted by Gasteiger charge is -2.26. The van der Waals surface area contributed by atoms with Gasteiger partial charge in [0.2, 0.25) is 11.8 Å². The van der Waals surface area contributed by atoms with E-state index in [4.69, 9.17) is 4.74 Å². The summed E-state index contributed by atoms with van der Waals surface area (Å²) in [4.78, 5) is 38.4. The largest absolute Gasteiger partial charge is 0.378 e. The number of aryl methyl sites for hydroxylation is 1. The molecule has 7 nitrogen and oxygen atoms in total. The third kappa shape index (κ3) is 6.65. The number of rotatable bonds is 7. The first-order valence-electron chi connectivity index (χ1n) is 10.5. The summed E-state index contributed by atoms with van der Waals surface area (Å²) < 4.78 is 5.28. The van der Waals surface area contributed by atoms with E-state index in [1.165, 1.54) is 6.92 Å². The molecule has 1 aliphatic rings. The molecule has 2 aromatic rings. The molecule has 31 heavy (non-hydrogen) atoms. The van der Waals surface area contributed by atoms with Crippen LogP contribution in [0.1, 0.15) is 46.4 Å². The van der Waals surface area contributed by atoms with Gasteiger partial charge in [-0.25, -0.2) is 0 Å². The van der Waals surface area contributed by atoms with Crippen molar-refractivity contribution in [3.8, 4) is 0 Å². The monoisotopic (exact) mass is 423 g/mol. The molecule has 7 heteroatoms. The molecule has 1 atom stereocenters. The Bertz CT molecular complexity index is 903. The molecular weight excluding hydrogens is 394 g/mol. The van der Waals surface area contributed by atoms with E-state index in [1.807, 2.05) is 43.3 Å². The SMILES string of the molecule is CC(=O)N[C@@H](CC(=O)NCc1ccc(C(=O)N2CCOCC2)cc1)c1ccc(C)cc1. The molecule has 0 bridgehead atoms. The van der Waals surface area contributed by atoms with E-state index in [1.54, 1.807) is 17.0 Å². The number of carbonyl (C=O) groups excluding carboxylic acids is 3. The van der Waals surface area contributed by atoms with Crippen LogP contribution in [0.3, 0.4) is 0 Å². The molecule has 1 heterocycles. The van der Waals surface area contributed by atoms with Gasteiger partial charge < -0.3 is 20.3 Å². The van der Waals surface area contributed by atoms with Gasteiger partial charge in [0.1, 0.15) is 0 Å². The van der Waals surface area contributed by atoms with Crippen LogP contribution >= 0.6 is 0 Å². The molecular formula is C24H29N3O4. The molecule has 1 aliphatic heterocycles. The van der Waals surface area contributed by atoms with Crippen molar-refractivity contribution < 1.29 is 19.1 Å². The highest BCUT2D eigenvalue weighted by molar-refractivity contribution is 5.94. The minimum absolute atomic E-state index is 0.00451. The number of hydrogen-bond donors (Lipinski definition) is 2. The fraction of sp³-hybridized carbons (Fsp3) is 0.375. The van der Waals surface area contributed by atoms with Gasteiger partial charge in [-0.2, -0.15) is 0 Å². The fourth-order valence-corrected chi connectivity index (χ4v) is 3.47. The average Bonchev–Trinajstić information content (AvgIpc) is 2.78. The van der Waals surface area contributed by atoms with Gasteiger partial charge in [0.25, 0.3) is 5.91 Å². The molecule has 3 amide bonds. The second-order valence-corrected chi connectivity index (χ2v) is 7.75. The van der Waals surface area contributed by atoms with Gasteiger partial charge in [-0.05, 0) is 30.2 Å². The number of amides is 3. The van der Waals surface area contributed by atoms with E-state index in [9.17, 15) is 14.4 Å². The first-order valence-corrected chi connectivity index (χ1v) is 10.5. The van der Waals surface area contributed by atoms with Crippen LogP contribution in [0.2, 0.25) is 0 Å². The standard InChI is InChI=1S/C24H29N3O4/c1-17-3-7-20(8-4-17)22(26-18(2)28)15-23(29)25-16-19-5-9-21(10-6-19)24(30)27-11-13-31-14-12-27/h3-10,22H,11-16H2,1-2H3,(H,25,29)(H,26,28)/t22-/m0/s1. The Morgan fingerprint density at radius 2 is 1.65 bits per heavy atom. The molecule has 0 radical (unpaired) electrons. The summed E-state index contributed by atoms with van der Waals surface area (Å²) in [6, 6.07) is 14.6. The molecule has 164 valence electrons. The van der Waals surface area contributed by atoms with Gasteiger partial charge in [-0.3, -0.25) is 14.4 Å². The third-order valence-corrected chi connectivity index (χ3v) is 5.24. The van der Waals surface area contributed by atoms with Crippen LogP contribution in [-0.2, 0) is 20.9 Å². The van der Waals surface area contributed by atoms with Crippen LogP contribution in [0.25, 0.3) is 0 Å². The molecule has 0 saturated carbocycles. The van der Waals surface area contributed by atoms with Crippen LogP contribution < -0.4 is 10.6 Å². The predicted octanol–water partition coefficient (Wildman–Crippen LogP) is 2.35. The molecule has 1 saturated heterocycles. The van der Waals surface area contributed by atoms with Crippen molar-refractivity contribution in [3.05, 3.63) is 70.8 Å². The second-order valence-electron chi connectivity index (χ2n) is 7.75. The molecule has 3 rings (SSSR count). The molecule has 0 unspecified atom stereocenters. The quantitative estimate of drug-likeness (QED) is 0.716. The van der Waals surface area contributed by atoms with Gasteiger partial charge in [0.15, 0.2) is 0 Å². The minimum atomic E-state index is -0.383. The molecule has 2 N–H and O–H groups in total. The average molecular weight is 424 g/mol. The van der Waals surface area contributed by atoms with Crippen molar-refractivity contribution in [1.82, 2.24) is 15.5 Å². The molecule has 0 aromatic heterocycles. The van der Waals surface area contributed by atoms with E-state index in [0.29, 0.717) is 38.4 Å². The number of carbonyl (C=O) groups is 3. The normalized spacial score (nSPS) is 14.6. The molecule has 2 aromatic carbocycles. The Labute approximate surface area is 182 Å².